The highest BCUT2D eigenvalue weighted by Crippen LogP contribution is 2.27. The number of benzene rings is 3. The molecule has 3 aromatic carbocycles. The SMILES string of the molecule is NCc1ccc(C(=O)Nc2ccncc2F)cc1-c1cccc(C(=O)Nc2ccc(S)cc2)c1. The summed E-state index contributed by atoms with van der Waals surface area (Å²) in [4.78, 5) is 30.0. The molecule has 0 fully saturated rings. The minimum absolute atomic E-state index is 0.0362. The van der Waals surface area contributed by atoms with Gasteiger partial charge in [-0.3, -0.25) is 14.6 Å². The summed E-state index contributed by atoms with van der Waals surface area (Å²) in [5.41, 5.74) is 9.62. The number of nitrogens with two attached hydrogens (primary N) is 1. The number of nitrogens with zero attached hydrogens (tertiary/aromatic N) is 1. The Labute approximate surface area is 201 Å². The van der Waals surface area contributed by atoms with Crippen molar-refractivity contribution >= 4 is 35.8 Å². The van der Waals surface area contributed by atoms with Gasteiger partial charge in [-0.2, -0.15) is 0 Å². The summed E-state index contributed by atoms with van der Waals surface area (Å²) < 4.78 is 13.9. The smallest absolute Gasteiger partial charge is 0.255 e. The maximum atomic E-state index is 13.9. The molecule has 0 aliphatic rings. The monoisotopic (exact) mass is 472 g/mol. The van der Waals surface area contributed by atoms with Gasteiger partial charge in [-0.15, -0.1) is 12.6 Å². The lowest BCUT2D eigenvalue weighted by Gasteiger charge is -2.13. The van der Waals surface area contributed by atoms with Gasteiger partial charge >= 0.3 is 0 Å². The average molecular weight is 473 g/mol. The van der Waals surface area contributed by atoms with Crippen LogP contribution in [0.1, 0.15) is 26.3 Å². The fraction of sp³-hybridized carbons (Fsp3) is 0.0385. The molecule has 0 saturated carbocycles. The zero-order valence-corrected chi connectivity index (χ0v) is 18.9. The predicted octanol–water partition coefficient (Wildman–Crippen LogP) is 5.14. The standard InChI is InChI=1S/C26H21FN4O2S/c27-23-15-29-11-10-24(23)31-26(33)18-4-5-19(14-28)22(13-18)16-2-1-3-17(12-16)25(32)30-20-6-8-21(34)9-7-20/h1-13,15,34H,14,28H2,(H,30,32)(H,29,31,33). The highest BCUT2D eigenvalue weighted by Gasteiger charge is 2.14. The van der Waals surface area contributed by atoms with E-state index in [1.165, 1.54) is 12.3 Å². The van der Waals surface area contributed by atoms with E-state index in [0.29, 0.717) is 22.4 Å². The minimum atomic E-state index is -0.627. The summed E-state index contributed by atoms with van der Waals surface area (Å²) in [6, 6.07) is 20.6. The molecule has 0 unspecified atom stereocenters. The van der Waals surface area contributed by atoms with E-state index in [2.05, 4.69) is 28.2 Å². The number of carbonyl (C=O) groups is 2. The lowest BCUT2D eigenvalue weighted by molar-refractivity contribution is 0.101. The summed E-state index contributed by atoms with van der Waals surface area (Å²) >= 11 is 4.25. The molecule has 6 nitrogen and oxygen atoms in total. The molecule has 0 atom stereocenters. The Hall–Kier alpha value is -4.01. The first-order valence-electron chi connectivity index (χ1n) is 10.4. The second kappa shape index (κ2) is 10.3. The molecule has 1 aromatic heterocycles. The first kappa shape index (κ1) is 23.2. The van der Waals surface area contributed by atoms with Crippen molar-refractivity contribution in [3.05, 3.63) is 108 Å². The van der Waals surface area contributed by atoms with Gasteiger partial charge in [-0.05, 0) is 71.3 Å². The van der Waals surface area contributed by atoms with Gasteiger partial charge < -0.3 is 16.4 Å². The molecule has 4 aromatic rings. The summed E-state index contributed by atoms with van der Waals surface area (Å²) in [5, 5.41) is 5.40. The highest BCUT2D eigenvalue weighted by atomic mass is 32.1. The average Bonchev–Trinajstić information content (AvgIpc) is 2.86. The molecular formula is C26H21FN4O2S. The van der Waals surface area contributed by atoms with Crippen LogP contribution in [0.4, 0.5) is 15.8 Å². The minimum Gasteiger partial charge on any atom is -0.326 e. The molecule has 0 spiro atoms. The zero-order chi connectivity index (χ0) is 24.1. The first-order valence-corrected chi connectivity index (χ1v) is 10.8. The van der Waals surface area contributed by atoms with E-state index < -0.39 is 11.7 Å². The van der Waals surface area contributed by atoms with Crippen LogP contribution in [-0.4, -0.2) is 16.8 Å². The number of carbonyl (C=O) groups excluding carboxylic acids is 2. The Balaban J connectivity index is 1.62. The quantitative estimate of drug-likeness (QED) is 0.292. The third-order valence-electron chi connectivity index (χ3n) is 5.17. The van der Waals surface area contributed by atoms with Crippen LogP contribution in [0.25, 0.3) is 11.1 Å². The van der Waals surface area contributed by atoms with E-state index in [0.717, 1.165) is 22.2 Å². The van der Waals surface area contributed by atoms with Crippen molar-refractivity contribution in [3.8, 4) is 11.1 Å². The molecule has 4 N–H and O–H groups in total. The normalized spacial score (nSPS) is 10.6. The second-order valence-electron chi connectivity index (χ2n) is 7.47. The maximum Gasteiger partial charge on any atom is 0.255 e. The van der Waals surface area contributed by atoms with Crippen LogP contribution in [0.5, 0.6) is 0 Å². The van der Waals surface area contributed by atoms with Gasteiger partial charge in [0.15, 0.2) is 5.82 Å². The van der Waals surface area contributed by atoms with E-state index in [9.17, 15) is 14.0 Å². The van der Waals surface area contributed by atoms with Crippen molar-refractivity contribution in [2.24, 2.45) is 5.73 Å². The fourth-order valence-corrected chi connectivity index (χ4v) is 3.56. The summed E-state index contributed by atoms with van der Waals surface area (Å²) in [6.45, 7) is 0.239. The number of pyridine rings is 1. The van der Waals surface area contributed by atoms with Gasteiger partial charge in [0.1, 0.15) is 0 Å². The number of amides is 2. The number of aromatic nitrogens is 1. The van der Waals surface area contributed by atoms with Gasteiger partial charge in [0.05, 0.1) is 11.9 Å². The van der Waals surface area contributed by atoms with Crippen molar-refractivity contribution in [3.63, 3.8) is 0 Å². The van der Waals surface area contributed by atoms with Crippen molar-refractivity contribution in [2.75, 3.05) is 10.6 Å². The summed E-state index contributed by atoms with van der Waals surface area (Å²) in [7, 11) is 0. The largest absolute Gasteiger partial charge is 0.326 e. The molecule has 0 saturated heterocycles. The summed E-state index contributed by atoms with van der Waals surface area (Å²) in [5.74, 6) is -1.38. The van der Waals surface area contributed by atoms with Crippen LogP contribution >= 0.6 is 12.6 Å². The molecular weight excluding hydrogens is 451 g/mol. The van der Waals surface area contributed by atoms with Gasteiger partial charge in [-0.25, -0.2) is 4.39 Å². The van der Waals surface area contributed by atoms with E-state index in [1.54, 1.807) is 60.7 Å². The van der Waals surface area contributed by atoms with Crippen LogP contribution in [0, 0.1) is 5.82 Å². The first-order chi connectivity index (χ1) is 16.4. The molecule has 1 heterocycles. The molecule has 170 valence electrons. The highest BCUT2D eigenvalue weighted by molar-refractivity contribution is 7.80. The number of halogens is 1. The number of nitrogens with one attached hydrogen (secondary N) is 2. The summed E-state index contributed by atoms with van der Waals surface area (Å²) in [6.07, 6.45) is 2.42. The lowest BCUT2D eigenvalue weighted by Crippen LogP contribution is -2.14. The van der Waals surface area contributed by atoms with Gasteiger partial charge in [0.2, 0.25) is 0 Å². The molecule has 0 aliphatic heterocycles. The third kappa shape index (κ3) is 5.31. The maximum absolute atomic E-state index is 13.9. The zero-order valence-electron chi connectivity index (χ0n) is 18.0. The van der Waals surface area contributed by atoms with E-state index in [1.807, 2.05) is 6.07 Å². The van der Waals surface area contributed by atoms with E-state index in [-0.39, 0.29) is 18.1 Å². The van der Waals surface area contributed by atoms with Crippen LogP contribution in [0.3, 0.4) is 0 Å². The topological polar surface area (TPSA) is 97.1 Å². The number of hydrogen-bond acceptors (Lipinski definition) is 5. The van der Waals surface area contributed by atoms with Crippen LogP contribution in [-0.2, 0) is 6.54 Å². The van der Waals surface area contributed by atoms with E-state index in [4.69, 9.17) is 5.73 Å². The fourth-order valence-electron chi connectivity index (χ4n) is 3.41. The van der Waals surface area contributed by atoms with Crippen LogP contribution < -0.4 is 16.4 Å². The van der Waals surface area contributed by atoms with Crippen LogP contribution in [0.15, 0.2) is 90.1 Å². The Kier molecular flexibility index (Phi) is 7.01. The number of anilines is 2. The van der Waals surface area contributed by atoms with Crippen LogP contribution in [0.2, 0.25) is 0 Å². The van der Waals surface area contributed by atoms with Gasteiger partial charge in [0, 0.05) is 34.5 Å². The number of hydrogen-bond donors (Lipinski definition) is 4. The van der Waals surface area contributed by atoms with Crippen molar-refractivity contribution in [1.29, 1.82) is 0 Å². The number of thiol groups is 1. The Morgan fingerprint density at radius 2 is 1.65 bits per heavy atom. The number of rotatable bonds is 6. The van der Waals surface area contributed by atoms with Crippen molar-refractivity contribution in [2.45, 2.75) is 11.4 Å². The molecule has 34 heavy (non-hydrogen) atoms. The Bertz CT molecular complexity index is 1360. The molecule has 8 heteroatoms. The van der Waals surface area contributed by atoms with Crippen molar-refractivity contribution in [1.82, 2.24) is 4.98 Å². The molecule has 0 radical (unpaired) electrons. The van der Waals surface area contributed by atoms with Crippen molar-refractivity contribution < 1.29 is 14.0 Å². The molecule has 0 bridgehead atoms. The molecule has 4 rings (SSSR count). The molecule has 2 amide bonds. The second-order valence-corrected chi connectivity index (χ2v) is 7.98. The third-order valence-corrected chi connectivity index (χ3v) is 5.47. The Morgan fingerprint density at radius 3 is 2.38 bits per heavy atom. The predicted molar refractivity (Wildman–Crippen MR) is 134 cm³/mol. The van der Waals surface area contributed by atoms with Gasteiger partial charge in [-0.1, -0.05) is 18.2 Å². The lowest BCUT2D eigenvalue weighted by atomic mass is 9.95. The molecule has 0 aliphatic carbocycles. The van der Waals surface area contributed by atoms with Gasteiger partial charge in [0.25, 0.3) is 11.8 Å². The van der Waals surface area contributed by atoms with E-state index >= 15 is 0 Å². The Morgan fingerprint density at radius 1 is 0.912 bits per heavy atom.